The van der Waals surface area contributed by atoms with Gasteiger partial charge in [-0.15, -0.1) is 0 Å². The van der Waals surface area contributed by atoms with E-state index in [-0.39, 0.29) is 5.91 Å². The molecule has 1 saturated heterocycles. The van der Waals surface area contributed by atoms with E-state index in [1.165, 1.54) is 11.8 Å². The smallest absolute Gasteiger partial charge is 0.266 e. The normalized spacial score (nSPS) is 15.1. The molecule has 0 saturated carbocycles. The number of nitrogens with zero attached hydrogens (tertiary/aromatic N) is 2. The largest absolute Gasteiger partial charge is 0.490 e. The monoisotopic (exact) mass is 446 g/mol. The molecule has 1 aromatic heterocycles. The fourth-order valence-corrected chi connectivity index (χ4v) is 4.21. The van der Waals surface area contributed by atoms with Crippen LogP contribution in [0.2, 0.25) is 5.02 Å². The first-order valence-electron chi connectivity index (χ1n) is 8.87. The van der Waals surface area contributed by atoms with Crippen molar-refractivity contribution in [3.63, 3.8) is 0 Å². The Morgan fingerprint density at radius 1 is 1.38 bits per heavy atom. The third kappa shape index (κ3) is 5.18. The Bertz CT molecular complexity index is 964. The summed E-state index contributed by atoms with van der Waals surface area (Å²) in [4.78, 5) is 19.0. The topological polar surface area (TPSA) is 51.7 Å². The van der Waals surface area contributed by atoms with Gasteiger partial charge in [-0.1, -0.05) is 54.3 Å². The quantitative estimate of drug-likeness (QED) is 0.319. The molecule has 1 aliphatic rings. The number of aromatic nitrogens is 1. The van der Waals surface area contributed by atoms with Gasteiger partial charge in [-0.2, -0.15) is 0 Å². The van der Waals surface area contributed by atoms with E-state index in [0.29, 0.717) is 45.5 Å². The van der Waals surface area contributed by atoms with Crippen LogP contribution in [0.5, 0.6) is 11.5 Å². The van der Waals surface area contributed by atoms with Crippen molar-refractivity contribution >= 4 is 51.9 Å². The molecule has 0 bridgehead atoms. The van der Waals surface area contributed by atoms with Gasteiger partial charge in [-0.05, 0) is 42.3 Å². The van der Waals surface area contributed by atoms with Crippen LogP contribution < -0.4 is 9.47 Å². The van der Waals surface area contributed by atoms with Gasteiger partial charge in [0.2, 0.25) is 0 Å². The molecule has 2 heterocycles. The number of benzene rings is 1. The lowest BCUT2D eigenvalue weighted by Crippen LogP contribution is -2.27. The lowest BCUT2D eigenvalue weighted by molar-refractivity contribution is -0.122. The van der Waals surface area contributed by atoms with Crippen LogP contribution in [-0.4, -0.2) is 33.3 Å². The number of halogens is 1. The number of thioether (sulfide) groups is 1. The van der Waals surface area contributed by atoms with Gasteiger partial charge in [-0.3, -0.25) is 14.7 Å². The standard InChI is InChI=1S/C21H19ClN2O3S2/c1-3-8-27-19-16(22)9-15(10-17(19)26-4-2)11-18-20(25)24(21(28)29-18)13-14-6-5-7-23-12-14/h3,5-7,9-12H,1,4,8,13H2,2H3. The second-order valence-electron chi connectivity index (χ2n) is 5.99. The van der Waals surface area contributed by atoms with E-state index >= 15 is 0 Å². The van der Waals surface area contributed by atoms with Crippen LogP contribution in [0.25, 0.3) is 6.08 Å². The van der Waals surface area contributed by atoms with Crippen molar-refractivity contribution in [2.75, 3.05) is 13.2 Å². The lowest BCUT2D eigenvalue weighted by atomic mass is 10.1. The molecule has 1 fully saturated rings. The Morgan fingerprint density at radius 3 is 2.90 bits per heavy atom. The van der Waals surface area contributed by atoms with Crippen LogP contribution in [0.4, 0.5) is 0 Å². The highest BCUT2D eigenvalue weighted by Crippen LogP contribution is 2.39. The molecule has 0 unspecified atom stereocenters. The van der Waals surface area contributed by atoms with Crippen molar-refractivity contribution in [3.05, 3.63) is 70.4 Å². The second kappa shape index (κ2) is 9.91. The summed E-state index contributed by atoms with van der Waals surface area (Å²) in [5, 5.41) is 0.398. The van der Waals surface area contributed by atoms with E-state index in [0.717, 1.165) is 11.1 Å². The molecule has 1 amide bonds. The van der Waals surface area contributed by atoms with Crippen LogP contribution in [0, 0.1) is 0 Å². The van der Waals surface area contributed by atoms with Gasteiger partial charge in [0.15, 0.2) is 11.5 Å². The van der Waals surface area contributed by atoms with Gasteiger partial charge in [0.1, 0.15) is 10.9 Å². The van der Waals surface area contributed by atoms with Crippen LogP contribution in [0.1, 0.15) is 18.1 Å². The summed E-state index contributed by atoms with van der Waals surface area (Å²) >= 11 is 13.0. The number of pyridine rings is 1. The predicted molar refractivity (Wildman–Crippen MR) is 121 cm³/mol. The van der Waals surface area contributed by atoms with Crippen LogP contribution in [-0.2, 0) is 11.3 Å². The van der Waals surface area contributed by atoms with Gasteiger partial charge in [0.05, 0.1) is 23.1 Å². The maximum Gasteiger partial charge on any atom is 0.266 e. The summed E-state index contributed by atoms with van der Waals surface area (Å²) < 4.78 is 11.8. The Hall–Kier alpha value is -2.35. The van der Waals surface area contributed by atoms with Gasteiger partial charge >= 0.3 is 0 Å². The molecule has 1 aliphatic heterocycles. The highest BCUT2D eigenvalue weighted by molar-refractivity contribution is 8.26. The first kappa shape index (κ1) is 21.4. The molecule has 0 spiro atoms. The Labute approximate surface area is 184 Å². The van der Waals surface area contributed by atoms with Crippen molar-refractivity contribution in [2.45, 2.75) is 13.5 Å². The number of thiocarbonyl (C=S) groups is 1. The van der Waals surface area contributed by atoms with Crippen molar-refractivity contribution < 1.29 is 14.3 Å². The van der Waals surface area contributed by atoms with Crippen LogP contribution in [0.15, 0.2) is 54.2 Å². The molecule has 0 atom stereocenters. The van der Waals surface area contributed by atoms with E-state index in [2.05, 4.69) is 11.6 Å². The predicted octanol–water partition coefficient (Wildman–Crippen LogP) is 5.10. The summed E-state index contributed by atoms with van der Waals surface area (Å²) in [6.45, 7) is 6.67. The van der Waals surface area contributed by atoms with Gasteiger partial charge in [-0.25, -0.2) is 0 Å². The zero-order chi connectivity index (χ0) is 20.8. The van der Waals surface area contributed by atoms with Crippen molar-refractivity contribution in [3.8, 4) is 11.5 Å². The van der Waals surface area contributed by atoms with Crippen molar-refractivity contribution in [1.29, 1.82) is 0 Å². The zero-order valence-corrected chi connectivity index (χ0v) is 18.1. The molecule has 0 radical (unpaired) electrons. The first-order chi connectivity index (χ1) is 14.0. The Balaban J connectivity index is 1.86. The maximum absolute atomic E-state index is 12.9. The average molecular weight is 447 g/mol. The molecule has 0 aliphatic carbocycles. The molecule has 0 N–H and O–H groups in total. The molecule has 5 nitrogen and oxygen atoms in total. The fourth-order valence-electron chi connectivity index (χ4n) is 2.68. The Morgan fingerprint density at radius 2 is 2.21 bits per heavy atom. The molecule has 2 aromatic rings. The SMILES string of the molecule is C=CCOc1c(Cl)cc(C=C2SC(=S)N(Cc3cccnc3)C2=O)cc1OCC. The number of hydrogen-bond acceptors (Lipinski definition) is 6. The van der Waals surface area contributed by atoms with E-state index in [1.807, 2.05) is 19.1 Å². The average Bonchev–Trinajstić information content (AvgIpc) is 2.96. The zero-order valence-electron chi connectivity index (χ0n) is 15.8. The van der Waals surface area contributed by atoms with Crippen LogP contribution >= 0.6 is 35.6 Å². The molecule has 8 heteroatoms. The highest BCUT2D eigenvalue weighted by atomic mass is 35.5. The number of ether oxygens (including phenoxy) is 2. The van der Waals surface area contributed by atoms with Crippen LogP contribution in [0.3, 0.4) is 0 Å². The number of rotatable bonds is 8. The van der Waals surface area contributed by atoms with E-state index in [1.54, 1.807) is 41.6 Å². The van der Waals surface area contributed by atoms with E-state index in [4.69, 9.17) is 33.3 Å². The minimum Gasteiger partial charge on any atom is -0.490 e. The minimum absolute atomic E-state index is 0.148. The second-order valence-corrected chi connectivity index (χ2v) is 8.07. The van der Waals surface area contributed by atoms with E-state index in [9.17, 15) is 4.79 Å². The Kier molecular flexibility index (Phi) is 7.30. The third-order valence-corrected chi connectivity index (χ3v) is 5.57. The minimum atomic E-state index is -0.148. The van der Waals surface area contributed by atoms with Gasteiger partial charge in [0, 0.05) is 12.4 Å². The number of carbonyl (C=O) groups excluding carboxylic acids is 1. The summed E-state index contributed by atoms with van der Waals surface area (Å²) in [6, 6.07) is 7.26. The summed E-state index contributed by atoms with van der Waals surface area (Å²) in [5.41, 5.74) is 1.64. The molecule has 150 valence electrons. The van der Waals surface area contributed by atoms with Gasteiger partial charge in [0.25, 0.3) is 5.91 Å². The summed E-state index contributed by atoms with van der Waals surface area (Å²) in [7, 11) is 0. The molecule has 3 rings (SSSR count). The van der Waals surface area contributed by atoms with Crippen molar-refractivity contribution in [1.82, 2.24) is 9.88 Å². The van der Waals surface area contributed by atoms with E-state index < -0.39 is 0 Å². The summed E-state index contributed by atoms with van der Waals surface area (Å²) in [6.07, 6.45) is 6.80. The summed E-state index contributed by atoms with van der Waals surface area (Å²) in [5.74, 6) is 0.818. The maximum atomic E-state index is 12.9. The molecule has 1 aromatic carbocycles. The highest BCUT2D eigenvalue weighted by Gasteiger charge is 2.32. The lowest BCUT2D eigenvalue weighted by Gasteiger charge is -2.14. The number of hydrogen-bond donors (Lipinski definition) is 0. The number of amides is 1. The molecular formula is C21H19ClN2O3S2. The fraction of sp³-hybridized carbons (Fsp3) is 0.190. The third-order valence-electron chi connectivity index (χ3n) is 3.91. The molecular weight excluding hydrogens is 428 g/mol. The first-order valence-corrected chi connectivity index (χ1v) is 10.5. The van der Waals surface area contributed by atoms with Gasteiger partial charge < -0.3 is 9.47 Å². The van der Waals surface area contributed by atoms with Crippen molar-refractivity contribution in [2.24, 2.45) is 0 Å². The molecule has 29 heavy (non-hydrogen) atoms. The number of carbonyl (C=O) groups is 1.